The van der Waals surface area contributed by atoms with E-state index in [0.29, 0.717) is 0 Å². The van der Waals surface area contributed by atoms with Gasteiger partial charge in [0, 0.05) is 12.5 Å². The molecule has 0 aromatic carbocycles. The molecule has 0 saturated heterocycles. The molecule has 0 N–H and O–H groups in total. The fraction of sp³-hybridized carbons (Fsp3) is 0.923. The first-order valence-corrected chi connectivity index (χ1v) is 9.19. The van der Waals surface area contributed by atoms with Gasteiger partial charge in [0.1, 0.15) is 0 Å². The van der Waals surface area contributed by atoms with E-state index in [1.165, 1.54) is 0 Å². The molecule has 0 aliphatic carbocycles. The molecule has 0 heterocycles. The van der Waals surface area contributed by atoms with Gasteiger partial charge in [-0.05, 0) is 31.0 Å². The summed E-state index contributed by atoms with van der Waals surface area (Å²) in [6.07, 6.45) is 2.96. The van der Waals surface area contributed by atoms with Crippen molar-refractivity contribution in [2.45, 2.75) is 65.1 Å². The summed E-state index contributed by atoms with van der Waals surface area (Å²) in [6, 6.07) is 2.36. The molecular weight excluding hydrogens is 214 g/mol. The van der Waals surface area contributed by atoms with E-state index in [1.807, 2.05) is 0 Å². The van der Waals surface area contributed by atoms with E-state index in [1.54, 1.807) is 0 Å². The van der Waals surface area contributed by atoms with Crippen LogP contribution in [0.15, 0.2) is 0 Å². The van der Waals surface area contributed by atoms with Crippen molar-refractivity contribution in [1.29, 1.82) is 5.26 Å². The van der Waals surface area contributed by atoms with E-state index in [4.69, 9.17) is 9.69 Å². The van der Waals surface area contributed by atoms with Crippen LogP contribution in [0.3, 0.4) is 0 Å². The van der Waals surface area contributed by atoms with E-state index in [-0.39, 0.29) is 11.0 Å². The van der Waals surface area contributed by atoms with Crippen LogP contribution in [-0.2, 0) is 4.43 Å². The normalized spacial score (nSPS) is 14.6. The summed E-state index contributed by atoms with van der Waals surface area (Å²) in [5.41, 5.74) is 0. The summed E-state index contributed by atoms with van der Waals surface area (Å²) in [5.74, 6) is 0.176. The molecule has 1 atom stereocenters. The lowest BCUT2D eigenvalue weighted by Crippen LogP contribution is -2.41. The van der Waals surface area contributed by atoms with Crippen molar-refractivity contribution in [1.82, 2.24) is 0 Å². The first-order valence-electron chi connectivity index (χ1n) is 6.28. The van der Waals surface area contributed by atoms with Crippen LogP contribution in [0.4, 0.5) is 0 Å². The van der Waals surface area contributed by atoms with Crippen LogP contribution in [-0.4, -0.2) is 14.9 Å². The molecule has 0 bridgehead atoms. The van der Waals surface area contributed by atoms with Crippen LogP contribution in [0.5, 0.6) is 0 Å². The quantitative estimate of drug-likeness (QED) is 0.648. The molecule has 0 spiro atoms. The second-order valence-corrected chi connectivity index (χ2v) is 10.8. The average Bonchev–Trinajstić information content (AvgIpc) is 2.14. The van der Waals surface area contributed by atoms with E-state index >= 15 is 0 Å². The maximum atomic E-state index is 8.95. The maximum absolute atomic E-state index is 8.95. The third-order valence-electron chi connectivity index (χ3n) is 3.56. The van der Waals surface area contributed by atoms with Gasteiger partial charge in [-0.15, -0.1) is 0 Å². The molecule has 0 amide bonds. The summed E-state index contributed by atoms with van der Waals surface area (Å²) < 4.78 is 6.06. The Morgan fingerprint density at radius 3 is 2.19 bits per heavy atom. The summed E-state index contributed by atoms with van der Waals surface area (Å²) in [6.45, 7) is 14.1. The third-order valence-corrected chi connectivity index (χ3v) is 8.09. The lowest BCUT2D eigenvalue weighted by Gasteiger charge is -2.36. The van der Waals surface area contributed by atoms with Crippen molar-refractivity contribution < 1.29 is 4.43 Å². The van der Waals surface area contributed by atoms with Crippen molar-refractivity contribution in [3.63, 3.8) is 0 Å². The van der Waals surface area contributed by atoms with Crippen molar-refractivity contribution >= 4 is 8.32 Å². The maximum Gasteiger partial charge on any atom is 0.191 e. The second kappa shape index (κ2) is 6.41. The summed E-state index contributed by atoms with van der Waals surface area (Å²) in [5, 5.41) is 9.22. The lowest BCUT2D eigenvalue weighted by atomic mass is 10.0. The molecular formula is C13H27NOSi. The molecule has 0 aromatic heterocycles. The minimum atomic E-state index is -1.62. The Hall–Kier alpha value is -0.333. The number of hydrogen-bond donors (Lipinski definition) is 0. The fourth-order valence-electron chi connectivity index (χ4n) is 1.29. The third kappa shape index (κ3) is 5.13. The molecule has 0 radical (unpaired) electrons. The van der Waals surface area contributed by atoms with Crippen LogP contribution in [0.25, 0.3) is 0 Å². The Balaban J connectivity index is 4.03. The topological polar surface area (TPSA) is 33.0 Å². The zero-order valence-corrected chi connectivity index (χ0v) is 12.8. The molecule has 0 aromatic rings. The molecule has 0 saturated carbocycles. The van der Waals surface area contributed by atoms with Crippen molar-refractivity contribution in [3.05, 3.63) is 0 Å². The Kier molecular flexibility index (Phi) is 6.28. The highest BCUT2D eigenvalue weighted by molar-refractivity contribution is 6.74. The molecule has 16 heavy (non-hydrogen) atoms. The summed E-state index contributed by atoms with van der Waals surface area (Å²) >= 11 is 0. The van der Waals surface area contributed by atoms with Crippen LogP contribution < -0.4 is 0 Å². The molecule has 94 valence electrons. The Morgan fingerprint density at radius 1 is 1.25 bits per heavy atom. The SMILES string of the molecule is CCCC(C#N)CCO[Si](C)(C)C(C)(C)C. The van der Waals surface area contributed by atoms with Gasteiger partial charge in [-0.1, -0.05) is 34.1 Å². The zero-order chi connectivity index (χ0) is 12.8. The number of nitriles is 1. The second-order valence-electron chi connectivity index (χ2n) is 6.01. The van der Waals surface area contributed by atoms with Crippen LogP contribution >= 0.6 is 0 Å². The standard InChI is InChI=1S/C13H27NOSi/c1-7-8-12(11-14)9-10-15-16(5,6)13(2,3)4/h12H,7-10H2,1-6H3. The monoisotopic (exact) mass is 241 g/mol. The predicted octanol–water partition coefficient (Wildman–Crippen LogP) is 4.34. The minimum absolute atomic E-state index is 0.176. The van der Waals surface area contributed by atoms with Gasteiger partial charge in [0.15, 0.2) is 8.32 Å². The van der Waals surface area contributed by atoms with Gasteiger partial charge in [-0.25, -0.2) is 0 Å². The van der Waals surface area contributed by atoms with Gasteiger partial charge < -0.3 is 4.43 Å². The molecule has 0 rings (SSSR count). The summed E-state index contributed by atoms with van der Waals surface area (Å²) in [7, 11) is -1.62. The van der Waals surface area contributed by atoms with Gasteiger partial charge >= 0.3 is 0 Å². The van der Waals surface area contributed by atoms with Crippen LogP contribution in [0.1, 0.15) is 47.0 Å². The van der Waals surface area contributed by atoms with Gasteiger partial charge in [-0.3, -0.25) is 0 Å². The number of nitrogens with zero attached hydrogens (tertiary/aromatic N) is 1. The predicted molar refractivity (Wildman–Crippen MR) is 71.8 cm³/mol. The summed E-state index contributed by atoms with van der Waals surface area (Å²) in [4.78, 5) is 0. The lowest BCUT2D eigenvalue weighted by molar-refractivity contribution is 0.265. The number of rotatable bonds is 6. The first kappa shape index (κ1) is 15.7. The molecule has 1 unspecified atom stereocenters. The van der Waals surface area contributed by atoms with Crippen LogP contribution in [0.2, 0.25) is 18.1 Å². The van der Waals surface area contributed by atoms with Gasteiger partial charge in [0.25, 0.3) is 0 Å². The minimum Gasteiger partial charge on any atom is -0.417 e. The highest BCUT2D eigenvalue weighted by Gasteiger charge is 2.36. The van der Waals surface area contributed by atoms with Crippen molar-refractivity contribution in [2.24, 2.45) is 5.92 Å². The van der Waals surface area contributed by atoms with Crippen molar-refractivity contribution in [2.75, 3.05) is 6.61 Å². The molecule has 0 aliphatic heterocycles. The van der Waals surface area contributed by atoms with Gasteiger partial charge in [0.2, 0.25) is 0 Å². The van der Waals surface area contributed by atoms with E-state index in [0.717, 1.165) is 25.9 Å². The Labute approximate surface area is 102 Å². The average molecular weight is 241 g/mol. The largest absolute Gasteiger partial charge is 0.417 e. The molecule has 2 nitrogen and oxygen atoms in total. The van der Waals surface area contributed by atoms with E-state index in [2.05, 4.69) is 46.9 Å². The van der Waals surface area contributed by atoms with Gasteiger partial charge in [0.05, 0.1) is 6.07 Å². The number of hydrogen-bond acceptors (Lipinski definition) is 2. The van der Waals surface area contributed by atoms with Gasteiger partial charge in [-0.2, -0.15) is 5.26 Å². The zero-order valence-electron chi connectivity index (χ0n) is 11.8. The Bertz CT molecular complexity index is 237. The highest BCUT2D eigenvalue weighted by Crippen LogP contribution is 2.36. The van der Waals surface area contributed by atoms with E-state index in [9.17, 15) is 0 Å². The highest BCUT2D eigenvalue weighted by atomic mass is 28.4. The Morgan fingerprint density at radius 2 is 1.81 bits per heavy atom. The smallest absolute Gasteiger partial charge is 0.191 e. The van der Waals surface area contributed by atoms with Crippen molar-refractivity contribution in [3.8, 4) is 6.07 Å². The molecule has 0 fully saturated rings. The molecule has 3 heteroatoms. The van der Waals surface area contributed by atoms with Crippen LogP contribution in [0, 0.1) is 17.2 Å². The fourth-order valence-corrected chi connectivity index (χ4v) is 2.36. The molecule has 0 aliphatic rings. The van der Waals surface area contributed by atoms with E-state index < -0.39 is 8.32 Å². The first-order chi connectivity index (χ1) is 7.24.